The van der Waals surface area contributed by atoms with Gasteiger partial charge in [0.05, 0.1) is 12.0 Å². The normalized spacial score (nSPS) is 26.5. The van der Waals surface area contributed by atoms with Gasteiger partial charge in [-0.3, -0.25) is 0 Å². The molecule has 1 atom stereocenters. The highest BCUT2D eigenvalue weighted by atomic mass is 15.1. The molecule has 3 nitrogen and oxygen atoms in total. The lowest BCUT2D eigenvalue weighted by Crippen LogP contribution is -2.20. The van der Waals surface area contributed by atoms with E-state index in [1.807, 2.05) is 6.33 Å². The van der Waals surface area contributed by atoms with Crippen molar-refractivity contribution in [2.75, 3.05) is 6.54 Å². The van der Waals surface area contributed by atoms with Crippen molar-refractivity contribution >= 4 is 0 Å². The minimum Gasteiger partial charge on any atom is -0.333 e. The predicted molar refractivity (Wildman–Crippen MR) is 68.8 cm³/mol. The molecule has 1 N–H and O–H groups in total. The standard InChI is InChI=1S/C14H23N3/c1-2-5-12(6-3-1)10-17-11-15-9-14(17)13-7-4-8-16-13/h9,11-13,16H,1-8,10H2. The smallest absolute Gasteiger partial charge is 0.0948 e. The Labute approximate surface area is 104 Å². The lowest BCUT2D eigenvalue weighted by atomic mass is 9.89. The fraction of sp³-hybridized carbons (Fsp3) is 0.786. The molecule has 1 unspecified atom stereocenters. The van der Waals surface area contributed by atoms with Crippen LogP contribution in [0.1, 0.15) is 56.7 Å². The minimum absolute atomic E-state index is 0.557. The molecule has 3 rings (SSSR count). The van der Waals surface area contributed by atoms with E-state index in [9.17, 15) is 0 Å². The third-order valence-electron chi connectivity index (χ3n) is 4.34. The van der Waals surface area contributed by atoms with E-state index in [-0.39, 0.29) is 0 Å². The Morgan fingerprint density at radius 3 is 2.82 bits per heavy atom. The molecule has 0 spiro atoms. The van der Waals surface area contributed by atoms with Crippen LogP contribution in [0.4, 0.5) is 0 Å². The third-order valence-corrected chi connectivity index (χ3v) is 4.34. The second-order valence-electron chi connectivity index (χ2n) is 5.62. The van der Waals surface area contributed by atoms with Gasteiger partial charge in [0.25, 0.3) is 0 Å². The van der Waals surface area contributed by atoms with Crippen molar-refractivity contribution in [1.82, 2.24) is 14.9 Å². The Kier molecular flexibility index (Phi) is 3.46. The summed E-state index contributed by atoms with van der Waals surface area (Å²) in [4.78, 5) is 4.36. The van der Waals surface area contributed by atoms with Gasteiger partial charge in [-0.1, -0.05) is 19.3 Å². The van der Waals surface area contributed by atoms with E-state index in [0.717, 1.165) is 5.92 Å². The Hall–Kier alpha value is -0.830. The number of hydrogen-bond donors (Lipinski definition) is 1. The molecule has 1 aliphatic carbocycles. The number of rotatable bonds is 3. The fourth-order valence-electron chi connectivity index (χ4n) is 3.36. The average molecular weight is 233 g/mol. The van der Waals surface area contributed by atoms with Crippen LogP contribution in [0.3, 0.4) is 0 Å². The molecule has 1 saturated heterocycles. The molecular weight excluding hydrogens is 210 g/mol. The molecule has 1 aromatic rings. The van der Waals surface area contributed by atoms with Crippen LogP contribution in [0.2, 0.25) is 0 Å². The summed E-state index contributed by atoms with van der Waals surface area (Å²) in [6.45, 7) is 2.35. The van der Waals surface area contributed by atoms with Gasteiger partial charge in [0.1, 0.15) is 0 Å². The third kappa shape index (κ3) is 2.54. The fourth-order valence-corrected chi connectivity index (χ4v) is 3.36. The number of aromatic nitrogens is 2. The van der Waals surface area contributed by atoms with Gasteiger partial charge >= 0.3 is 0 Å². The molecule has 0 aromatic carbocycles. The Morgan fingerprint density at radius 2 is 2.06 bits per heavy atom. The Balaban J connectivity index is 1.67. The molecule has 1 saturated carbocycles. The van der Waals surface area contributed by atoms with E-state index in [4.69, 9.17) is 0 Å². The van der Waals surface area contributed by atoms with Crippen LogP contribution < -0.4 is 5.32 Å². The molecule has 3 heteroatoms. The zero-order chi connectivity index (χ0) is 11.5. The summed E-state index contributed by atoms with van der Waals surface area (Å²) in [6.07, 6.45) is 13.8. The van der Waals surface area contributed by atoms with Gasteiger partial charge in [-0.25, -0.2) is 4.98 Å². The first-order valence-corrected chi connectivity index (χ1v) is 7.17. The molecule has 0 amide bonds. The first-order valence-electron chi connectivity index (χ1n) is 7.17. The molecule has 2 heterocycles. The van der Waals surface area contributed by atoms with Crippen molar-refractivity contribution in [2.45, 2.75) is 57.5 Å². The Bertz CT molecular complexity index is 346. The van der Waals surface area contributed by atoms with Crippen molar-refractivity contribution in [3.8, 4) is 0 Å². The number of imidazole rings is 1. The first-order chi connectivity index (χ1) is 8.43. The van der Waals surface area contributed by atoms with Crippen molar-refractivity contribution in [1.29, 1.82) is 0 Å². The van der Waals surface area contributed by atoms with Crippen LogP contribution in [0.15, 0.2) is 12.5 Å². The SMILES string of the molecule is c1ncn(CC2CCCCC2)c1C1CCCN1. The van der Waals surface area contributed by atoms with Crippen molar-refractivity contribution in [3.63, 3.8) is 0 Å². The summed E-state index contributed by atoms with van der Waals surface area (Å²) in [5.41, 5.74) is 1.41. The zero-order valence-corrected chi connectivity index (χ0v) is 10.6. The lowest BCUT2D eigenvalue weighted by molar-refractivity contribution is 0.313. The molecule has 17 heavy (non-hydrogen) atoms. The van der Waals surface area contributed by atoms with E-state index >= 15 is 0 Å². The lowest BCUT2D eigenvalue weighted by Gasteiger charge is -2.23. The summed E-state index contributed by atoms with van der Waals surface area (Å²) in [5, 5.41) is 3.58. The van der Waals surface area contributed by atoms with Crippen LogP contribution in [-0.4, -0.2) is 16.1 Å². The van der Waals surface area contributed by atoms with Crippen LogP contribution >= 0.6 is 0 Å². The van der Waals surface area contributed by atoms with E-state index in [2.05, 4.69) is 21.1 Å². The Morgan fingerprint density at radius 1 is 1.18 bits per heavy atom. The van der Waals surface area contributed by atoms with Crippen LogP contribution in [0, 0.1) is 5.92 Å². The monoisotopic (exact) mass is 233 g/mol. The maximum absolute atomic E-state index is 4.36. The summed E-state index contributed by atoms with van der Waals surface area (Å²) < 4.78 is 2.40. The van der Waals surface area contributed by atoms with Gasteiger partial charge < -0.3 is 9.88 Å². The molecule has 0 bridgehead atoms. The largest absolute Gasteiger partial charge is 0.333 e. The summed E-state index contributed by atoms with van der Waals surface area (Å²) >= 11 is 0. The zero-order valence-electron chi connectivity index (χ0n) is 10.6. The topological polar surface area (TPSA) is 29.9 Å². The van der Waals surface area contributed by atoms with Gasteiger partial charge in [-0.2, -0.15) is 0 Å². The second-order valence-corrected chi connectivity index (χ2v) is 5.62. The molecular formula is C14H23N3. The number of nitrogens with one attached hydrogen (secondary N) is 1. The maximum Gasteiger partial charge on any atom is 0.0948 e. The van der Waals surface area contributed by atoms with Crippen molar-refractivity contribution < 1.29 is 0 Å². The first kappa shape index (κ1) is 11.3. The van der Waals surface area contributed by atoms with E-state index in [0.29, 0.717) is 6.04 Å². The quantitative estimate of drug-likeness (QED) is 0.870. The van der Waals surface area contributed by atoms with Crippen LogP contribution in [0.25, 0.3) is 0 Å². The molecule has 94 valence electrons. The van der Waals surface area contributed by atoms with E-state index in [1.165, 1.54) is 63.7 Å². The van der Waals surface area contributed by atoms with Gasteiger partial charge in [0.2, 0.25) is 0 Å². The van der Waals surface area contributed by atoms with Gasteiger partial charge in [-0.05, 0) is 38.1 Å². The van der Waals surface area contributed by atoms with Crippen LogP contribution in [0.5, 0.6) is 0 Å². The number of hydrogen-bond acceptors (Lipinski definition) is 2. The van der Waals surface area contributed by atoms with Crippen LogP contribution in [-0.2, 0) is 6.54 Å². The molecule has 2 aliphatic rings. The molecule has 0 radical (unpaired) electrons. The van der Waals surface area contributed by atoms with Crippen molar-refractivity contribution in [3.05, 3.63) is 18.2 Å². The highest BCUT2D eigenvalue weighted by Crippen LogP contribution is 2.28. The predicted octanol–water partition coefficient (Wildman–Crippen LogP) is 2.89. The molecule has 2 fully saturated rings. The molecule has 1 aliphatic heterocycles. The van der Waals surface area contributed by atoms with Crippen molar-refractivity contribution in [2.24, 2.45) is 5.92 Å². The number of nitrogens with zero attached hydrogens (tertiary/aromatic N) is 2. The summed E-state index contributed by atoms with van der Waals surface area (Å²) in [6, 6.07) is 0.557. The minimum atomic E-state index is 0.557. The molecule has 1 aromatic heterocycles. The van der Waals surface area contributed by atoms with Gasteiger partial charge in [0, 0.05) is 18.8 Å². The van der Waals surface area contributed by atoms with Gasteiger partial charge in [0.15, 0.2) is 0 Å². The van der Waals surface area contributed by atoms with Gasteiger partial charge in [-0.15, -0.1) is 0 Å². The highest BCUT2D eigenvalue weighted by Gasteiger charge is 2.21. The van der Waals surface area contributed by atoms with E-state index < -0.39 is 0 Å². The second kappa shape index (κ2) is 5.21. The average Bonchev–Trinajstić information content (AvgIpc) is 3.00. The summed E-state index contributed by atoms with van der Waals surface area (Å²) in [7, 11) is 0. The van der Waals surface area contributed by atoms with E-state index in [1.54, 1.807) is 0 Å². The highest BCUT2D eigenvalue weighted by molar-refractivity contribution is 5.07. The maximum atomic E-state index is 4.36. The summed E-state index contributed by atoms with van der Waals surface area (Å²) in [5.74, 6) is 0.887.